The lowest BCUT2D eigenvalue weighted by Gasteiger charge is -2.08. The molecular weight excluding hydrogens is 356 g/mol. The van der Waals surface area contributed by atoms with Gasteiger partial charge in [0, 0.05) is 21.3 Å². The Morgan fingerprint density at radius 3 is 2.67 bits per heavy atom. The van der Waals surface area contributed by atoms with E-state index in [0.29, 0.717) is 22.0 Å². The summed E-state index contributed by atoms with van der Waals surface area (Å²) in [6.45, 7) is 1.68. The summed E-state index contributed by atoms with van der Waals surface area (Å²) in [5.41, 5.74) is 2.27. The monoisotopic (exact) mass is 366 g/mol. The fourth-order valence-corrected chi connectivity index (χ4v) is 2.15. The van der Waals surface area contributed by atoms with Crippen LogP contribution in [0.2, 0.25) is 5.02 Å². The van der Waals surface area contributed by atoms with Gasteiger partial charge in [0.15, 0.2) is 0 Å². The lowest BCUT2D eigenvalue weighted by atomic mass is 10.1. The van der Waals surface area contributed by atoms with Crippen LogP contribution in [0.25, 0.3) is 0 Å². The molecular formula is C15H12BrClN2O2. The molecule has 0 aromatic heterocycles. The minimum absolute atomic E-state index is 0.264. The molecule has 2 aromatic rings. The molecule has 0 bridgehead atoms. The van der Waals surface area contributed by atoms with Gasteiger partial charge in [0.05, 0.1) is 10.7 Å². The first-order valence-corrected chi connectivity index (χ1v) is 7.24. The van der Waals surface area contributed by atoms with Crippen LogP contribution in [0.15, 0.2) is 52.1 Å². The van der Waals surface area contributed by atoms with E-state index in [1.165, 1.54) is 0 Å². The van der Waals surface area contributed by atoms with Crippen LogP contribution in [0, 0.1) is 0 Å². The SMILES string of the molecule is C/C(=N/O)c1cccc(NC(=O)c2ccc(Br)c(Cl)c2)c1. The zero-order valence-corrected chi connectivity index (χ0v) is 13.4. The predicted octanol–water partition coefficient (Wildman–Crippen LogP) is 4.55. The molecule has 0 saturated heterocycles. The number of anilines is 1. The molecule has 4 nitrogen and oxygen atoms in total. The Morgan fingerprint density at radius 2 is 2.00 bits per heavy atom. The summed E-state index contributed by atoms with van der Waals surface area (Å²) in [4.78, 5) is 12.2. The van der Waals surface area contributed by atoms with Gasteiger partial charge < -0.3 is 10.5 Å². The number of nitrogens with one attached hydrogen (secondary N) is 1. The molecule has 2 rings (SSSR count). The first kappa shape index (κ1) is 15.5. The third-order valence-corrected chi connectivity index (χ3v) is 4.10. The van der Waals surface area contributed by atoms with Crippen molar-refractivity contribution in [1.29, 1.82) is 0 Å². The maximum absolute atomic E-state index is 12.2. The molecule has 21 heavy (non-hydrogen) atoms. The molecule has 6 heteroatoms. The van der Waals surface area contributed by atoms with Gasteiger partial charge in [0.2, 0.25) is 0 Å². The van der Waals surface area contributed by atoms with Gasteiger partial charge in [-0.1, -0.05) is 28.9 Å². The topological polar surface area (TPSA) is 61.7 Å². The van der Waals surface area contributed by atoms with Crippen molar-refractivity contribution in [2.75, 3.05) is 5.32 Å². The zero-order chi connectivity index (χ0) is 15.4. The van der Waals surface area contributed by atoms with Crippen molar-refractivity contribution < 1.29 is 10.0 Å². The van der Waals surface area contributed by atoms with E-state index in [-0.39, 0.29) is 5.91 Å². The van der Waals surface area contributed by atoms with Crippen LogP contribution in [-0.4, -0.2) is 16.8 Å². The average Bonchev–Trinajstić information content (AvgIpc) is 2.49. The minimum atomic E-state index is -0.264. The number of rotatable bonds is 3. The molecule has 0 heterocycles. The number of halogens is 2. The van der Waals surface area contributed by atoms with Crippen LogP contribution < -0.4 is 5.32 Å². The molecule has 108 valence electrons. The largest absolute Gasteiger partial charge is 0.411 e. The second-order valence-corrected chi connectivity index (χ2v) is 5.61. The highest BCUT2D eigenvalue weighted by atomic mass is 79.9. The van der Waals surface area contributed by atoms with Crippen molar-refractivity contribution in [3.63, 3.8) is 0 Å². The molecule has 0 aliphatic rings. The van der Waals surface area contributed by atoms with Gasteiger partial charge in [0.25, 0.3) is 5.91 Å². The van der Waals surface area contributed by atoms with Crippen molar-refractivity contribution in [1.82, 2.24) is 0 Å². The summed E-state index contributed by atoms with van der Waals surface area (Å²) in [6, 6.07) is 12.0. The number of oxime groups is 1. The van der Waals surface area contributed by atoms with E-state index in [1.807, 2.05) is 0 Å². The Morgan fingerprint density at radius 1 is 1.24 bits per heavy atom. The molecule has 0 fully saturated rings. The number of nitrogens with zero attached hydrogens (tertiary/aromatic N) is 1. The van der Waals surface area contributed by atoms with Gasteiger partial charge in [-0.3, -0.25) is 4.79 Å². The van der Waals surface area contributed by atoms with Crippen LogP contribution in [0.4, 0.5) is 5.69 Å². The molecule has 0 saturated carbocycles. The summed E-state index contributed by atoms with van der Waals surface area (Å²) in [5, 5.41) is 15.2. The first-order chi connectivity index (χ1) is 10.0. The maximum atomic E-state index is 12.2. The van der Waals surface area contributed by atoms with Gasteiger partial charge in [-0.25, -0.2) is 0 Å². The third kappa shape index (κ3) is 3.83. The summed E-state index contributed by atoms with van der Waals surface area (Å²) in [5.74, 6) is -0.264. The number of carbonyl (C=O) groups is 1. The Hall–Kier alpha value is -1.85. The summed E-state index contributed by atoms with van der Waals surface area (Å²) in [7, 11) is 0. The van der Waals surface area contributed by atoms with E-state index in [2.05, 4.69) is 26.4 Å². The quantitative estimate of drug-likeness (QED) is 0.475. The molecule has 0 radical (unpaired) electrons. The Kier molecular flexibility index (Phi) is 4.98. The van der Waals surface area contributed by atoms with E-state index < -0.39 is 0 Å². The highest BCUT2D eigenvalue weighted by Gasteiger charge is 2.09. The number of hydrogen-bond acceptors (Lipinski definition) is 3. The van der Waals surface area contributed by atoms with Gasteiger partial charge in [0.1, 0.15) is 0 Å². The average molecular weight is 368 g/mol. The molecule has 0 unspecified atom stereocenters. The van der Waals surface area contributed by atoms with E-state index in [1.54, 1.807) is 49.4 Å². The molecule has 2 aromatic carbocycles. The summed E-state index contributed by atoms with van der Waals surface area (Å²) in [6.07, 6.45) is 0. The maximum Gasteiger partial charge on any atom is 0.255 e. The van der Waals surface area contributed by atoms with Crippen LogP contribution in [0.3, 0.4) is 0 Å². The van der Waals surface area contributed by atoms with Gasteiger partial charge in [-0.2, -0.15) is 0 Å². The van der Waals surface area contributed by atoms with Crippen molar-refractivity contribution in [3.05, 3.63) is 63.1 Å². The van der Waals surface area contributed by atoms with E-state index >= 15 is 0 Å². The van der Waals surface area contributed by atoms with Crippen molar-refractivity contribution in [2.24, 2.45) is 5.16 Å². The first-order valence-electron chi connectivity index (χ1n) is 6.07. The van der Waals surface area contributed by atoms with Crippen LogP contribution >= 0.6 is 27.5 Å². The second kappa shape index (κ2) is 6.74. The van der Waals surface area contributed by atoms with E-state index in [9.17, 15) is 4.79 Å². The number of hydrogen-bond donors (Lipinski definition) is 2. The van der Waals surface area contributed by atoms with Gasteiger partial charge in [-0.05, 0) is 53.2 Å². The molecule has 1 amide bonds. The smallest absolute Gasteiger partial charge is 0.255 e. The highest BCUT2D eigenvalue weighted by molar-refractivity contribution is 9.10. The van der Waals surface area contributed by atoms with Crippen LogP contribution in [-0.2, 0) is 0 Å². The Labute approximate surface area is 135 Å². The second-order valence-electron chi connectivity index (χ2n) is 4.35. The lowest BCUT2D eigenvalue weighted by Crippen LogP contribution is -2.12. The number of carbonyl (C=O) groups excluding carboxylic acids is 1. The van der Waals surface area contributed by atoms with Gasteiger partial charge >= 0.3 is 0 Å². The predicted molar refractivity (Wildman–Crippen MR) is 87.5 cm³/mol. The Balaban J connectivity index is 2.21. The molecule has 0 aliphatic heterocycles. The van der Waals surface area contributed by atoms with E-state index in [0.717, 1.165) is 10.0 Å². The third-order valence-electron chi connectivity index (χ3n) is 2.87. The lowest BCUT2D eigenvalue weighted by molar-refractivity contribution is 0.102. The van der Waals surface area contributed by atoms with Crippen LogP contribution in [0.5, 0.6) is 0 Å². The fraction of sp³-hybridized carbons (Fsp3) is 0.0667. The standard InChI is InChI=1S/C15H12BrClN2O2/c1-9(19-21)10-3-2-4-12(7-10)18-15(20)11-5-6-13(16)14(17)8-11/h2-8,21H,1H3,(H,18,20)/b19-9-. The molecule has 0 atom stereocenters. The number of amides is 1. The van der Waals surface area contributed by atoms with Crippen molar-refractivity contribution in [3.8, 4) is 0 Å². The number of benzene rings is 2. The van der Waals surface area contributed by atoms with Crippen molar-refractivity contribution in [2.45, 2.75) is 6.92 Å². The molecule has 0 aliphatic carbocycles. The molecule has 0 spiro atoms. The van der Waals surface area contributed by atoms with Crippen LogP contribution in [0.1, 0.15) is 22.8 Å². The van der Waals surface area contributed by atoms with Gasteiger partial charge in [-0.15, -0.1) is 0 Å². The summed E-state index contributed by atoms with van der Waals surface area (Å²) >= 11 is 9.25. The highest BCUT2D eigenvalue weighted by Crippen LogP contribution is 2.23. The minimum Gasteiger partial charge on any atom is -0.411 e. The zero-order valence-electron chi connectivity index (χ0n) is 11.1. The van der Waals surface area contributed by atoms with Crippen molar-refractivity contribution >= 4 is 44.8 Å². The van der Waals surface area contributed by atoms with E-state index in [4.69, 9.17) is 16.8 Å². The Bertz CT molecular complexity index is 717. The molecule has 2 N–H and O–H groups in total. The normalized spacial score (nSPS) is 11.3. The fourth-order valence-electron chi connectivity index (χ4n) is 1.72. The summed E-state index contributed by atoms with van der Waals surface area (Å²) < 4.78 is 0.734.